The number of benzene rings is 1. The Kier molecular flexibility index (Phi) is 6.78. The smallest absolute Gasteiger partial charge is 0.319 e. The molecule has 1 aromatic heterocycles. The van der Waals surface area contributed by atoms with Gasteiger partial charge in [0, 0.05) is 42.5 Å². The van der Waals surface area contributed by atoms with Gasteiger partial charge in [-0.05, 0) is 58.4 Å². The largest absolute Gasteiger partial charge is 0.377 e. The van der Waals surface area contributed by atoms with Crippen molar-refractivity contribution in [2.24, 2.45) is 0 Å². The molecule has 4 rings (SSSR count). The lowest BCUT2D eigenvalue weighted by atomic mass is 10.0. The maximum atomic E-state index is 13.3. The van der Waals surface area contributed by atoms with Gasteiger partial charge in [0.1, 0.15) is 11.5 Å². The van der Waals surface area contributed by atoms with E-state index in [2.05, 4.69) is 22.5 Å². The molecule has 0 spiro atoms. The topological polar surface area (TPSA) is 99.7 Å². The number of carbonyl (C=O) groups excluding carboxylic acids is 2. The number of aromatic nitrogens is 2. The normalized spacial score (nSPS) is 18.3. The minimum atomic E-state index is -0.252. The molecule has 176 valence electrons. The van der Waals surface area contributed by atoms with E-state index < -0.39 is 0 Å². The van der Waals surface area contributed by atoms with Crippen molar-refractivity contribution >= 4 is 23.4 Å². The van der Waals surface area contributed by atoms with Crippen LogP contribution in [0.1, 0.15) is 43.7 Å². The molecule has 0 unspecified atom stereocenters. The van der Waals surface area contributed by atoms with Crippen molar-refractivity contribution in [1.82, 2.24) is 20.2 Å². The number of urea groups is 1. The van der Waals surface area contributed by atoms with Crippen LogP contribution in [0.5, 0.6) is 0 Å². The van der Waals surface area contributed by atoms with Crippen LogP contribution in [0.25, 0.3) is 11.4 Å². The number of morpholine rings is 1. The van der Waals surface area contributed by atoms with E-state index in [0.717, 1.165) is 29.9 Å². The molecule has 2 N–H and O–H groups in total. The monoisotopic (exact) mass is 452 g/mol. The molecule has 1 aromatic carbocycles. The van der Waals surface area contributed by atoms with Crippen LogP contribution >= 0.6 is 0 Å². The molecule has 0 radical (unpaired) electrons. The van der Waals surface area contributed by atoms with E-state index in [1.165, 1.54) is 0 Å². The zero-order chi connectivity index (χ0) is 23.5. The van der Waals surface area contributed by atoms with Crippen molar-refractivity contribution in [3.05, 3.63) is 35.5 Å². The summed E-state index contributed by atoms with van der Waals surface area (Å²) in [5, 5.41) is 5.50. The number of hydrogen-bond acceptors (Lipinski definition) is 6. The fourth-order valence-corrected chi connectivity index (χ4v) is 4.29. The molecule has 2 aliphatic heterocycles. The fraction of sp³-hybridized carbons (Fsp3) is 0.500. The molecule has 0 saturated carbocycles. The Balaban J connectivity index is 1.73. The minimum absolute atomic E-state index is 0.0495. The highest BCUT2D eigenvalue weighted by atomic mass is 16.5. The van der Waals surface area contributed by atoms with E-state index in [1.807, 2.05) is 49.9 Å². The predicted molar refractivity (Wildman–Crippen MR) is 128 cm³/mol. The first-order chi connectivity index (χ1) is 15.9. The quantitative estimate of drug-likeness (QED) is 0.724. The Morgan fingerprint density at radius 3 is 2.64 bits per heavy atom. The summed E-state index contributed by atoms with van der Waals surface area (Å²) in [5.41, 5.74) is 2.87. The third-order valence-corrected chi connectivity index (χ3v) is 6.05. The van der Waals surface area contributed by atoms with Gasteiger partial charge in [0.05, 0.1) is 19.3 Å². The lowest BCUT2D eigenvalue weighted by molar-refractivity contribution is 0.0680. The van der Waals surface area contributed by atoms with Crippen LogP contribution in [0.15, 0.2) is 24.3 Å². The summed E-state index contributed by atoms with van der Waals surface area (Å²) in [6.45, 7) is 11.2. The van der Waals surface area contributed by atoms with E-state index in [0.29, 0.717) is 43.5 Å². The molecule has 3 amide bonds. The molecule has 9 heteroatoms. The molecular weight excluding hydrogens is 420 g/mol. The first-order valence-electron chi connectivity index (χ1n) is 11.6. The number of ether oxygens (including phenoxy) is 1. The van der Waals surface area contributed by atoms with E-state index in [9.17, 15) is 9.59 Å². The third-order valence-electron chi connectivity index (χ3n) is 6.05. The first kappa shape index (κ1) is 23.0. The Bertz CT molecular complexity index is 1020. The van der Waals surface area contributed by atoms with Crippen molar-refractivity contribution < 1.29 is 14.3 Å². The summed E-state index contributed by atoms with van der Waals surface area (Å²) < 4.78 is 5.62. The van der Waals surface area contributed by atoms with Crippen molar-refractivity contribution in [2.75, 3.05) is 43.1 Å². The highest BCUT2D eigenvalue weighted by Gasteiger charge is 2.34. The number of amides is 3. The van der Waals surface area contributed by atoms with Crippen LogP contribution < -0.4 is 15.5 Å². The summed E-state index contributed by atoms with van der Waals surface area (Å²) in [4.78, 5) is 38.9. The SMILES string of the molecule is CCNC(=O)Nc1ccc(-c2nc3c(c(N4CCOC[C@@H]4C)n2)CCN(C(C)C)C3=O)cc1. The van der Waals surface area contributed by atoms with Gasteiger partial charge in [-0.15, -0.1) is 0 Å². The van der Waals surface area contributed by atoms with E-state index in [-0.39, 0.29) is 24.0 Å². The van der Waals surface area contributed by atoms with Crippen LogP contribution in [-0.2, 0) is 11.2 Å². The van der Waals surface area contributed by atoms with Crippen LogP contribution in [0.3, 0.4) is 0 Å². The molecule has 2 aromatic rings. The standard InChI is InChI=1S/C24H32N6O3/c1-5-25-24(32)26-18-8-6-17(7-9-18)21-27-20-19(10-11-29(15(2)3)23(20)31)22(28-21)30-12-13-33-14-16(30)4/h6-9,15-16H,5,10-14H2,1-4H3,(H2,25,26,32)/t16-/m0/s1. The number of hydrogen-bond donors (Lipinski definition) is 2. The van der Waals surface area contributed by atoms with Gasteiger partial charge in [-0.2, -0.15) is 0 Å². The molecule has 0 bridgehead atoms. The van der Waals surface area contributed by atoms with Gasteiger partial charge in [-0.1, -0.05) is 0 Å². The van der Waals surface area contributed by atoms with Crippen LogP contribution in [0, 0.1) is 0 Å². The maximum absolute atomic E-state index is 13.3. The van der Waals surface area contributed by atoms with Gasteiger partial charge in [0.2, 0.25) is 0 Å². The van der Waals surface area contributed by atoms with Gasteiger partial charge >= 0.3 is 6.03 Å². The van der Waals surface area contributed by atoms with E-state index in [1.54, 1.807) is 0 Å². The number of anilines is 2. The number of carbonyl (C=O) groups is 2. The summed E-state index contributed by atoms with van der Waals surface area (Å²) in [5.74, 6) is 1.28. The molecule has 0 aliphatic carbocycles. The Morgan fingerprint density at radius 2 is 1.97 bits per heavy atom. The zero-order valence-corrected chi connectivity index (χ0v) is 19.7. The molecule has 9 nitrogen and oxygen atoms in total. The summed E-state index contributed by atoms with van der Waals surface area (Å²) in [6.07, 6.45) is 0.730. The molecule has 1 saturated heterocycles. The molecule has 2 aliphatic rings. The fourth-order valence-electron chi connectivity index (χ4n) is 4.29. The van der Waals surface area contributed by atoms with Crippen LogP contribution in [0.2, 0.25) is 0 Å². The van der Waals surface area contributed by atoms with Gasteiger partial charge in [-0.25, -0.2) is 14.8 Å². The molecule has 1 fully saturated rings. The number of nitrogens with one attached hydrogen (secondary N) is 2. The maximum Gasteiger partial charge on any atom is 0.319 e. The van der Waals surface area contributed by atoms with Crippen LogP contribution in [0.4, 0.5) is 16.3 Å². The lowest BCUT2D eigenvalue weighted by Gasteiger charge is -2.38. The van der Waals surface area contributed by atoms with Crippen molar-refractivity contribution in [2.45, 2.75) is 46.2 Å². The number of nitrogens with zero attached hydrogens (tertiary/aromatic N) is 4. The number of fused-ring (bicyclic) bond motifs is 1. The molecule has 1 atom stereocenters. The predicted octanol–water partition coefficient (Wildman–Crippen LogP) is 2.92. The summed E-state index contributed by atoms with van der Waals surface area (Å²) >= 11 is 0. The summed E-state index contributed by atoms with van der Waals surface area (Å²) in [7, 11) is 0. The van der Waals surface area contributed by atoms with Crippen LogP contribution in [-0.4, -0.2) is 71.7 Å². The third kappa shape index (κ3) is 4.78. The van der Waals surface area contributed by atoms with E-state index in [4.69, 9.17) is 14.7 Å². The minimum Gasteiger partial charge on any atom is -0.377 e. The Morgan fingerprint density at radius 1 is 1.21 bits per heavy atom. The Hall–Kier alpha value is -3.20. The highest BCUT2D eigenvalue weighted by molar-refractivity contribution is 5.97. The van der Waals surface area contributed by atoms with Gasteiger partial charge in [0.25, 0.3) is 5.91 Å². The average molecular weight is 453 g/mol. The summed E-state index contributed by atoms with van der Waals surface area (Å²) in [6, 6.07) is 7.37. The highest BCUT2D eigenvalue weighted by Crippen LogP contribution is 2.32. The lowest BCUT2D eigenvalue weighted by Crippen LogP contribution is -2.47. The molecule has 33 heavy (non-hydrogen) atoms. The van der Waals surface area contributed by atoms with Gasteiger partial charge in [0.15, 0.2) is 5.82 Å². The first-order valence-corrected chi connectivity index (χ1v) is 11.6. The van der Waals surface area contributed by atoms with Crippen molar-refractivity contribution in [3.63, 3.8) is 0 Å². The number of rotatable bonds is 5. The van der Waals surface area contributed by atoms with Gasteiger partial charge < -0.3 is 25.2 Å². The second kappa shape index (κ2) is 9.74. The Labute approximate surface area is 194 Å². The van der Waals surface area contributed by atoms with E-state index >= 15 is 0 Å². The zero-order valence-electron chi connectivity index (χ0n) is 19.7. The molecule has 3 heterocycles. The van der Waals surface area contributed by atoms with Gasteiger partial charge in [-0.3, -0.25) is 4.79 Å². The van der Waals surface area contributed by atoms with Crippen molar-refractivity contribution in [3.8, 4) is 11.4 Å². The average Bonchev–Trinajstić information content (AvgIpc) is 2.80. The van der Waals surface area contributed by atoms with Crippen molar-refractivity contribution in [1.29, 1.82) is 0 Å². The molecular formula is C24H32N6O3. The second-order valence-electron chi connectivity index (χ2n) is 8.72. The second-order valence-corrected chi connectivity index (χ2v) is 8.72.